The Labute approximate surface area is 93.4 Å². The summed E-state index contributed by atoms with van der Waals surface area (Å²) in [7, 11) is 0. The maximum absolute atomic E-state index is 8.68. The highest BCUT2D eigenvalue weighted by molar-refractivity contribution is 5.50. The van der Waals surface area contributed by atoms with Gasteiger partial charge in [0.05, 0.1) is 5.56 Å². The van der Waals surface area contributed by atoms with Crippen LogP contribution < -0.4 is 0 Å². The minimum Gasteiger partial charge on any atom is -0.310 e. The largest absolute Gasteiger partial charge is 0.310 e. The zero-order chi connectivity index (χ0) is 11.5. The molecule has 2 rings (SSSR count). The van der Waals surface area contributed by atoms with Crippen LogP contribution in [0.15, 0.2) is 24.7 Å². The van der Waals surface area contributed by atoms with Gasteiger partial charge in [0.1, 0.15) is 18.1 Å². The Bertz CT molecular complexity index is 518. The lowest BCUT2D eigenvalue weighted by Gasteiger charge is -2.08. The Kier molecular flexibility index (Phi) is 2.64. The molecule has 0 aliphatic rings. The van der Waals surface area contributed by atoms with Crippen LogP contribution in [0.1, 0.15) is 25.5 Å². The summed E-state index contributed by atoms with van der Waals surface area (Å²) in [5.74, 6) is 0.722. The standard InChI is InChI=1S/C11H11N5/c1-8(2)16-7-14-15-11(16)10-4-3-9(5-12)6-13-10/h3-4,6-8H,1-2H3. The number of nitrogens with zero attached hydrogens (tertiary/aromatic N) is 5. The van der Waals surface area contributed by atoms with Crippen molar-refractivity contribution in [1.82, 2.24) is 19.7 Å². The van der Waals surface area contributed by atoms with E-state index in [-0.39, 0.29) is 6.04 Å². The highest BCUT2D eigenvalue weighted by Crippen LogP contribution is 2.17. The summed E-state index contributed by atoms with van der Waals surface area (Å²) < 4.78 is 1.94. The van der Waals surface area contributed by atoms with Crippen LogP contribution in [-0.4, -0.2) is 19.7 Å². The van der Waals surface area contributed by atoms with E-state index < -0.39 is 0 Å². The lowest BCUT2D eigenvalue weighted by Crippen LogP contribution is -2.02. The summed E-state index contributed by atoms with van der Waals surface area (Å²) in [6.45, 7) is 4.10. The van der Waals surface area contributed by atoms with Gasteiger partial charge in [0.25, 0.3) is 0 Å². The number of pyridine rings is 1. The molecule has 0 aliphatic heterocycles. The smallest absolute Gasteiger partial charge is 0.182 e. The summed E-state index contributed by atoms with van der Waals surface area (Å²) in [5.41, 5.74) is 1.27. The van der Waals surface area contributed by atoms with Crippen LogP contribution in [0, 0.1) is 11.3 Å². The molecule has 5 nitrogen and oxygen atoms in total. The number of rotatable bonds is 2. The van der Waals surface area contributed by atoms with Crippen LogP contribution in [-0.2, 0) is 0 Å². The molecular formula is C11H11N5. The SMILES string of the molecule is CC(C)n1cnnc1-c1ccc(C#N)cn1. The van der Waals surface area contributed by atoms with E-state index in [1.54, 1.807) is 18.5 Å². The van der Waals surface area contributed by atoms with E-state index in [1.165, 1.54) is 6.20 Å². The lowest BCUT2D eigenvalue weighted by atomic mass is 10.2. The van der Waals surface area contributed by atoms with E-state index in [1.807, 2.05) is 10.6 Å². The summed E-state index contributed by atoms with van der Waals surface area (Å²) >= 11 is 0. The van der Waals surface area contributed by atoms with Gasteiger partial charge in [-0.2, -0.15) is 5.26 Å². The van der Waals surface area contributed by atoms with Crippen molar-refractivity contribution >= 4 is 0 Å². The molecule has 0 aliphatic carbocycles. The minimum absolute atomic E-state index is 0.280. The van der Waals surface area contributed by atoms with Crippen LogP contribution in [0.5, 0.6) is 0 Å². The molecule has 16 heavy (non-hydrogen) atoms. The molecule has 2 heterocycles. The second-order valence-corrected chi connectivity index (χ2v) is 3.70. The predicted molar refractivity (Wildman–Crippen MR) is 58.4 cm³/mol. The fourth-order valence-corrected chi connectivity index (χ4v) is 1.40. The van der Waals surface area contributed by atoms with Crippen molar-refractivity contribution < 1.29 is 0 Å². The van der Waals surface area contributed by atoms with Crippen LogP contribution in [0.2, 0.25) is 0 Å². The predicted octanol–water partition coefficient (Wildman–Crippen LogP) is 1.79. The van der Waals surface area contributed by atoms with E-state index in [2.05, 4.69) is 29.0 Å². The molecule has 0 aromatic carbocycles. The van der Waals surface area contributed by atoms with Crippen molar-refractivity contribution in [2.75, 3.05) is 0 Å². The van der Waals surface area contributed by atoms with Crippen LogP contribution in [0.4, 0.5) is 0 Å². The summed E-state index contributed by atoms with van der Waals surface area (Å²) in [6.07, 6.45) is 3.22. The number of hydrogen-bond acceptors (Lipinski definition) is 4. The first-order chi connectivity index (χ1) is 7.72. The van der Waals surface area contributed by atoms with E-state index >= 15 is 0 Å². The highest BCUT2D eigenvalue weighted by atomic mass is 15.3. The molecule has 0 saturated carbocycles. The maximum atomic E-state index is 8.68. The van der Waals surface area contributed by atoms with E-state index in [0.717, 1.165) is 11.5 Å². The van der Waals surface area contributed by atoms with Gasteiger partial charge in [0.2, 0.25) is 0 Å². The van der Waals surface area contributed by atoms with Crippen molar-refractivity contribution in [3.05, 3.63) is 30.2 Å². The van der Waals surface area contributed by atoms with E-state index in [4.69, 9.17) is 5.26 Å². The van der Waals surface area contributed by atoms with Crippen molar-refractivity contribution in [3.8, 4) is 17.6 Å². The topological polar surface area (TPSA) is 67.4 Å². The molecule has 0 radical (unpaired) electrons. The molecule has 80 valence electrons. The summed E-state index contributed by atoms with van der Waals surface area (Å²) in [4.78, 5) is 4.19. The molecule has 0 atom stereocenters. The Morgan fingerprint density at radius 3 is 2.75 bits per heavy atom. The van der Waals surface area contributed by atoms with Gasteiger partial charge in [0, 0.05) is 12.2 Å². The van der Waals surface area contributed by atoms with Crippen LogP contribution >= 0.6 is 0 Å². The number of aromatic nitrogens is 4. The van der Waals surface area contributed by atoms with Gasteiger partial charge in [-0.1, -0.05) is 0 Å². The maximum Gasteiger partial charge on any atom is 0.182 e. The van der Waals surface area contributed by atoms with Crippen molar-refractivity contribution in [3.63, 3.8) is 0 Å². The number of nitriles is 1. The van der Waals surface area contributed by atoms with Gasteiger partial charge in [0.15, 0.2) is 5.82 Å². The fourth-order valence-electron chi connectivity index (χ4n) is 1.40. The lowest BCUT2D eigenvalue weighted by molar-refractivity contribution is 0.603. The molecule has 0 spiro atoms. The molecule has 2 aromatic rings. The summed E-state index contributed by atoms with van der Waals surface area (Å²) in [5, 5.41) is 16.6. The molecule has 5 heteroatoms. The first-order valence-electron chi connectivity index (χ1n) is 4.98. The normalized spacial score (nSPS) is 10.4. The zero-order valence-corrected chi connectivity index (χ0v) is 9.12. The van der Waals surface area contributed by atoms with Gasteiger partial charge >= 0.3 is 0 Å². The third-order valence-electron chi connectivity index (χ3n) is 2.25. The molecule has 0 bridgehead atoms. The minimum atomic E-state index is 0.280. The first-order valence-corrected chi connectivity index (χ1v) is 4.98. The Morgan fingerprint density at radius 2 is 2.19 bits per heavy atom. The molecule has 0 fully saturated rings. The van der Waals surface area contributed by atoms with E-state index in [9.17, 15) is 0 Å². The first kappa shape index (κ1) is 10.3. The molecule has 0 amide bonds. The molecule has 0 N–H and O–H groups in total. The molecule has 2 aromatic heterocycles. The van der Waals surface area contributed by atoms with Crippen molar-refractivity contribution in [1.29, 1.82) is 5.26 Å². The molecule has 0 unspecified atom stereocenters. The Morgan fingerprint density at radius 1 is 1.38 bits per heavy atom. The monoisotopic (exact) mass is 213 g/mol. The quantitative estimate of drug-likeness (QED) is 0.762. The average Bonchev–Trinajstić information content (AvgIpc) is 2.78. The van der Waals surface area contributed by atoms with Crippen molar-refractivity contribution in [2.45, 2.75) is 19.9 Å². The molecular weight excluding hydrogens is 202 g/mol. The second kappa shape index (κ2) is 4.11. The zero-order valence-electron chi connectivity index (χ0n) is 9.12. The van der Waals surface area contributed by atoms with Crippen molar-refractivity contribution in [2.24, 2.45) is 0 Å². The third-order valence-corrected chi connectivity index (χ3v) is 2.25. The Balaban J connectivity index is 2.43. The third kappa shape index (κ3) is 1.77. The average molecular weight is 213 g/mol. The van der Waals surface area contributed by atoms with E-state index in [0.29, 0.717) is 5.56 Å². The summed E-state index contributed by atoms with van der Waals surface area (Å²) in [6, 6.07) is 5.81. The van der Waals surface area contributed by atoms with Gasteiger partial charge in [-0.3, -0.25) is 4.98 Å². The number of hydrogen-bond donors (Lipinski definition) is 0. The fraction of sp³-hybridized carbons (Fsp3) is 0.273. The van der Waals surface area contributed by atoms with Gasteiger partial charge in [-0.15, -0.1) is 10.2 Å². The van der Waals surface area contributed by atoms with Crippen LogP contribution in [0.25, 0.3) is 11.5 Å². The van der Waals surface area contributed by atoms with Gasteiger partial charge in [-0.05, 0) is 26.0 Å². The Hall–Kier alpha value is -2.22. The van der Waals surface area contributed by atoms with Crippen LogP contribution in [0.3, 0.4) is 0 Å². The second-order valence-electron chi connectivity index (χ2n) is 3.70. The van der Waals surface area contributed by atoms with Gasteiger partial charge < -0.3 is 4.57 Å². The van der Waals surface area contributed by atoms with Gasteiger partial charge in [-0.25, -0.2) is 0 Å². The molecule has 0 saturated heterocycles. The highest BCUT2D eigenvalue weighted by Gasteiger charge is 2.10.